The van der Waals surface area contributed by atoms with Crippen LogP contribution in [0.5, 0.6) is 0 Å². The van der Waals surface area contributed by atoms with Gasteiger partial charge < -0.3 is 49.6 Å². The van der Waals surface area contributed by atoms with Gasteiger partial charge in [-0.1, -0.05) is 56.3 Å². The average Bonchev–Trinajstić information content (AvgIpc) is 3.52. The highest BCUT2D eigenvalue weighted by atomic mass is 16.7. The Morgan fingerprint density at radius 2 is 1.54 bits per heavy atom. The van der Waals surface area contributed by atoms with Crippen LogP contribution < -0.4 is 10.2 Å². The van der Waals surface area contributed by atoms with Gasteiger partial charge >= 0.3 is 0 Å². The number of allylic oxidation sites excluding steroid dienone is 4. The fraction of sp³-hybridized carbons (Fsp3) is 0.591. The van der Waals surface area contributed by atoms with E-state index in [1.54, 1.807) is 0 Å². The number of benzene rings is 2. The Morgan fingerprint density at radius 3 is 2.29 bits per heavy atom. The lowest BCUT2D eigenvalue weighted by atomic mass is 9.81. The van der Waals surface area contributed by atoms with Gasteiger partial charge in [-0.25, -0.2) is 0 Å². The van der Waals surface area contributed by atoms with E-state index in [0.29, 0.717) is 52.4 Å². The lowest BCUT2D eigenvalue weighted by molar-refractivity contribution is -0.401. The van der Waals surface area contributed by atoms with E-state index < -0.39 is 37.3 Å². The number of carbonyl (C=O) groups excluding carboxylic acids is 1. The van der Waals surface area contributed by atoms with Crippen molar-refractivity contribution in [1.29, 1.82) is 0 Å². The van der Waals surface area contributed by atoms with E-state index >= 15 is 0 Å². The Labute approximate surface area is 332 Å². The summed E-state index contributed by atoms with van der Waals surface area (Å²) in [4.78, 5) is 15.0. The molecule has 3 heterocycles. The van der Waals surface area contributed by atoms with Crippen molar-refractivity contribution in [3.63, 3.8) is 0 Å². The van der Waals surface area contributed by atoms with E-state index in [-0.39, 0.29) is 16.7 Å². The molecule has 0 radical (unpaired) electrons. The molecule has 5 atom stereocenters. The molecule has 0 saturated carbocycles. The molecule has 3 aliphatic rings. The highest BCUT2D eigenvalue weighted by molar-refractivity contribution is 6.03. The number of ether oxygens (including phenoxy) is 4. The number of hydrogen-bond donors (Lipinski definition) is 5. The minimum Gasteiger partial charge on any atom is -0.394 e. The van der Waals surface area contributed by atoms with Crippen molar-refractivity contribution in [1.82, 2.24) is 5.32 Å². The minimum atomic E-state index is -1.44. The van der Waals surface area contributed by atoms with Crippen molar-refractivity contribution < 1.29 is 48.7 Å². The molecule has 0 aliphatic carbocycles. The van der Waals surface area contributed by atoms with Gasteiger partial charge in [0.2, 0.25) is 11.6 Å². The molecule has 56 heavy (non-hydrogen) atoms. The first-order chi connectivity index (χ1) is 26.9. The molecule has 0 bridgehead atoms. The summed E-state index contributed by atoms with van der Waals surface area (Å²) in [6.45, 7) is 12.2. The Hall–Kier alpha value is -3.46. The van der Waals surface area contributed by atoms with Crippen LogP contribution in [-0.4, -0.2) is 127 Å². The van der Waals surface area contributed by atoms with Gasteiger partial charge in [-0.2, -0.15) is 4.58 Å². The molecule has 0 spiro atoms. The van der Waals surface area contributed by atoms with Crippen LogP contribution in [0.1, 0.15) is 77.3 Å². The van der Waals surface area contributed by atoms with Crippen LogP contribution in [0.15, 0.2) is 72.5 Å². The second-order valence-corrected chi connectivity index (χ2v) is 16.0. The number of amides is 1. The number of carbonyl (C=O) groups is 1. The quantitative estimate of drug-likeness (QED) is 0.0920. The third-order valence-electron chi connectivity index (χ3n) is 11.3. The number of aliphatic hydroxyl groups excluding tert-OH is 4. The number of hydrogen-bond acceptors (Lipinski definition) is 10. The summed E-state index contributed by atoms with van der Waals surface area (Å²) in [7, 11) is 2.15. The molecular weight excluding hydrogens is 714 g/mol. The molecule has 1 fully saturated rings. The summed E-state index contributed by atoms with van der Waals surface area (Å²) in [5.74, 6) is 0.0301. The molecule has 1 amide bonds. The van der Waals surface area contributed by atoms with Crippen molar-refractivity contribution in [2.75, 3.05) is 64.7 Å². The first kappa shape index (κ1) is 43.7. The zero-order valence-electron chi connectivity index (χ0n) is 33.9. The van der Waals surface area contributed by atoms with Crippen LogP contribution in [0, 0.1) is 0 Å². The molecule has 0 aromatic heterocycles. The van der Waals surface area contributed by atoms with Crippen LogP contribution in [0.4, 0.5) is 11.4 Å². The van der Waals surface area contributed by atoms with Gasteiger partial charge in [0.15, 0.2) is 12.0 Å². The molecule has 2 aromatic carbocycles. The van der Waals surface area contributed by atoms with Gasteiger partial charge in [0, 0.05) is 67.2 Å². The average molecular weight is 779 g/mol. The molecule has 5 rings (SSSR count). The molecule has 5 unspecified atom stereocenters. The molecular formula is C44H64N3O9+. The van der Waals surface area contributed by atoms with Crippen molar-refractivity contribution >= 4 is 23.0 Å². The van der Waals surface area contributed by atoms with Crippen molar-refractivity contribution in [3.8, 4) is 0 Å². The number of nitrogens with one attached hydrogen (secondary N) is 1. The molecule has 12 heteroatoms. The third-order valence-corrected chi connectivity index (χ3v) is 11.3. The maximum atomic E-state index is 12.6. The maximum absolute atomic E-state index is 12.6. The fourth-order valence-corrected chi connectivity index (χ4v) is 8.03. The van der Waals surface area contributed by atoms with Gasteiger partial charge in [0.1, 0.15) is 31.5 Å². The monoisotopic (exact) mass is 778 g/mol. The second kappa shape index (κ2) is 20.3. The molecule has 12 nitrogen and oxygen atoms in total. The third kappa shape index (κ3) is 10.3. The fourth-order valence-electron chi connectivity index (χ4n) is 8.03. The Kier molecular flexibility index (Phi) is 15.8. The van der Waals surface area contributed by atoms with E-state index in [1.165, 1.54) is 33.9 Å². The topological polar surface area (TPSA) is 153 Å². The zero-order valence-corrected chi connectivity index (χ0v) is 33.9. The smallest absolute Gasteiger partial charge is 0.220 e. The van der Waals surface area contributed by atoms with E-state index in [9.17, 15) is 25.2 Å². The minimum absolute atomic E-state index is 0.0301. The van der Waals surface area contributed by atoms with Gasteiger partial charge in [0.05, 0.1) is 31.8 Å². The second-order valence-electron chi connectivity index (χ2n) is 16.0. The first-order valence-electron chi connectivity index (χ1n) is 20.2. The number of para-hydroxylation sites is 2. The van der Waals surface area contributed by atoms with Crippen molar-refractivity contribution in [3.05, 3.63) is 83.6 Å². The van der Waals surface area contributed by atoms with Crippen LogP contribution in [0.25, 0.3) is 0 Å². The first-order valence-corrected chi connectivity index (χ1v) is 20.2. The van der Waals surface area contributed by atoms with Crippen molar-refractivity contribution in [2.45, 2.75) is 108 Å². The highest BCUT2D eigenvalue weighted by Gasteiger charge is 2.45. The number of aliphatic hydroxyl groups is 4. The van der Waals surface area contributed by atoms with Crippen LogP contribution in [0.2, 0.25) is 0 Å². The maximum Gasteiger partial charge on any atom is 0.220 e. The number of rotatable bonds is 21. The summed E-state index contributed by atoms with van der Waals surface area (Å²) in [5.41, 5.74) is 7.46. The predicted molar refractivity (Wildman–Crippen MR) is 216 cm³/mol. The summed E-state index contributed by atoms with van der Waals surface area (Å²) >= 11 is 0. The van der Waals surface area contributed by atoms with Crippen molar-refractivity contribution in [2.24, 2.45) is 0 Å². The van der Waals surface area contributed by atoms with Crippen LogP contribution >= 0.6 is 0 Å². The largest absolute Gasteiger partial charge is 0.394 e. The highest BCUT2D eigenvalue weighted by Crippen LogP contribution is 2.48. The molecule has 1 saturated heterocycles. The van der Waals surface area contributed by atoms with E-state index in [1.807, 2.05) is 0 Å². The van der Waals surface area contributed by atoms with Gasteiger partial charge in [-0.15, -0.1) is 0 Å². The van der Waals surface area contributed by atoms with E-state index in [0.717, 1.165) is 32.2 Å². The standard InChI is InChI=1S/C44H63N3O9/c1-43(2)31-16-7-9-18-33(31)46(5)36(43)20-15-21-37-44(3,4)32-17-8-10-19-34(32)47(37)24-12-11-22-38(49)45-23-27-54-29-28-53-25-13-6-14-26-55-42-41(52)40(51)39(50)35(30-48)56-42/h7-10,15-21,35,39-42,48,50-52H,6,11-14,22-30H2,1-5H3/p+1. The normalized spacial score (nSPS) is 24.6. The Bertz CT molecular complexity index is 1690. The number of nitrogens with zero attached hydrogens (tertiary/aromatic N) is 2. The van der Waals surface area contributed by atoms with Crippen LogP contribution in [-0.2, 0) is 34.6 Å². The molecule has 5 N–H and O–H groups in total. The number of unbranched alkanes of at least 4 members (excludes halogenated alkanes) is 3. The SMILES string of the molecule is C[N+]1=C(/C=C/C=C2/N(CCCCC(=O)NCCOCCOCCCCCOC3OC(CO)C(O)C(O)C3O)c3ccccc3C2(C)C)C(C)(C)c2ccccc21. The lowest BCUT2D eigenvalue weighted by Crippen LogP contribution is -2.59. The zero-order chi connectivity index (χ0) is 40.3. The van der Waals surface area contributed by atoms with Crippen LogP contribution in [0.3, 0.4) is 0 Å². The van der Waals surface area contributed by atoms with Gasteiger partial charge in [0.25, 0.3) is 0 Å². The summed E-state index contributed by atoms with van der Waals surface area (Å²) in [6, 6.07) is 17.3. The molecule has 308 valence electrons. The molecule has 2 aromatic rings. The number of anilines is 1. The summed E-state index contributed by atoms with van der Waals surface area (Å²) in [5, 5.41) is 42.0. The molecule has 3 aliphatic heterocycles. The summed E-state index contributed by atoms with van der Waals surface area (Å²) in [6.07, 6.45) is 4.92. The Morgan fingerprint density at radius 1 is 0.839 bits per heavy atom. The predicted octanol–water partition coefficient (Wildman–Crippen LogP) is 4.24. The number of fused-ring (bicyclic) bond motifs is 2. The summed E-state index contributed by atoms with van der Waals surface area (Å²) < 4.78 is 24.4. The lowest BCUT2D eigenvalue weighted by Gasteiger charge is -2.39. The Balaban J connectivity index is 0.943. The van der Waals surface area contributed by atoms with Gasteiger partial charge in [-0.3, -0.25) is 4.79 Å². The van der Waals surface area contributed by atoms with Gasteiger partial charge in [-0.05, 0) is 63.7 Å². The van der Waals surface area contributed by atoms with E-state index in [2.05, 4.69) is 116 Å². The van der Waals surface area contributed by atoms with E-state index in [4.69, 9.17) is 18.9 Å².